The zero-order chi connectivity index (χ0) is 20.1. The first-order valence-electron chi connectivity index (χ1n) is 10.6. The number of likely N-dealkylation sites (N-methyl/N-ethyl adjacent to an activating group) is 2. The Kier molecular flexibility index (Phi) is 15.2. The molecule has 1 rings (SSSR count). The summed E-state index contributed by atoms with van der Waals surface area (Å²) in [5, 5.41) is 6.19. The highest BCUT2D eigenvalue weighted by atomic mass is 127. The number of hydrogen-bond donors (Lipinski definition) is 2. The zero-order valence-electron chi connectivity index (χ0n) is 18.1. The van der Waals surface area contributed by atoms with Gasteiger partial charge in [0, 0.05) is 39.6 Å². The van der Waals surface area contributed by atoms with Crippen LogP contribution in [0, 0.1) is 5.92 Å². The van der Waals surface area contributed by atoms with E-state index in [1.54, 1.807) is 0 Å². The molecule has 28 heavy (non-hydrogen) atoms. The molecule has 0 heterocycles. The highest BCUT2D eigenvalue weighted by Gasteiger charge is 2.17. The number of nitrogens with one attached hydrogen (secondary N) is 2. The van der Waals surface area contributed by atoms with E-state index < -0.39 is 0 Å². The van der Waals surface area contributed by atoms with E-state index in [4.69, 9.17) is 0 Å². The van der Waals surface area contributed by atoms with Gasteiger partial charge in [0.2, 0.25) is 11.8 Å². The molecule has 7 nitrogen and oxygen atoms in total. The fourth-order valence-electron chi connectivity index (χ4n) is 3.51. The number of halogens is 1. The van der Waals surface area contributed by atoms with Crippen LogP contribution < -0.4 is 10.6 Å². The van der Waals surface area contributed by atoms with Crippen molar-refractivity contribution in [2.45, 2.75) is 59.3 Å². The molecule has 8 heteroatoms. The molecule has 0 aromatic heterocycles. The molecule has 0 spiro atoms. The maximum Gasteiger partial charge on any atom is 0.242 e. The quantitative estimate of drug-likeness (QED) is 0.205. The summed E-state index contributed by atoms with van der Waals surface area (Å²) in [6, 6.07) is 0. The topological polar surface area (TPSA) is 77.0 Å². The van der Waals surface area contributed by atoms with Gasteiger partial charge < -0.3 is 20.4 Å². The van der Waals surface area contributed by atoms with Crippen molar-refractivity contribution in [3.05, 3.63) is 0 Å². The summed E-state index contributed by atoms with van der Waals surface area (Å²) in [4.78, 5) is 32.5. The third kappa shape index (κ3) is 10.5. The van der Waals surface area contributed by atoms with Crippen LogP contribution in [0.5, 0.6) is 0 Å². The summed E-state index contributed by atoms with van der Waals surface area (Å²) in [5.41, 5.74) is 0. The highest BCUT2D eigenvalue weighted by Crippen LogP contribution is 2.25. The SMILES string of the molecule is CCNC(=NCCNC(=O)CC1CCCCC1)N(C)CC(=O)N(CC)CC.I. The number of nitrogens with zero attached hydrogens (tertiary/aromatic N) is 3. The van der Waals surface area contributed by atoms with E-state index in [0.29, 0.717) is 51.0 Å². The second-order valence-electron chi connectivity index (χ2n) is 7.22. The Morgan fingerprint density at radius 1 is 1.04 bits per heavy atom. The molecule has 0 bridgehead atoms. The number of carbonyl (C=O) groups is 2. The summed E-state index contributed by atoms with van der Waals surface area (Å²) >= 11 is 0. The van der Waals surface area contributed by atoms with Crippen molar-refractivity contribution in [2.75, 3.05) is 46.3 Å². The Morgan fingerprint density at radius 2 is 1.68 bits per heavy atom. The van der Waals surface area contributed by atoms with Crippen LogP contribution in [0.15, 0.2) is 4.99 Å². The lowest BCUT2D eigenvalue weighted by Crippen LogP contribution is -2.46. The van der Waals surface area contributed by atoms with E-state index in [1.165, 1.54) is 32.1 Å². The predicted molar refractivity (Wildman–Crippen MR) is 126 cm³/mol. The number of amides is 2. The maximum atomic E-state index is 12.3. The van der Waals surface area contributed by atoms with E-state index in [-0.39, 0.29) is 35.8 Å². The molecule has 1 fully saturated rings. The summed E-state index contributed by atoms with van der Waals surface area (Å²) in [6.45, 7) is 9.45. The Morgan fingerprint density at radius 3 is 2.25 bits per heavy atom. The third-order valence-electron chi connectivity index (χ3n) is 5.08. The van der Waals surface area contributed by atoms with E-state index in [0.717, 1.165) is 6.54 Å². The van der Waals surface area contributed by atoms with Gasteiger partial charge in [-0.3, -0.25) is 14.6 Å². The number of aliphatic imine (C=N–C) groups is 1. The van der Waals surface area contributed by atoms with Crippen molar-refractivity contribution in [1.29, 1.82) is 0 Å². The van der Waals surface area contributed by atoms with Gasteiger partial charge in [-0.2, -0.15) is 0 Å². The lowest BCUT2D eigenvalue weighted by Gasteiger charge is -2.25. The second-order valence-corrected chi connectivity index (χ2v) is 7.22. The van der Waals surface area contributed by atoms with Crippen LogP contribution in [0.25, 0.3) is 0 Å². The fourth-order valence-corrected chi connectivity index (χ4v) is 3.51. The monoisotopic (exact) mass is 509 g/mol. The number of guanidine groups is 1. The molecule has 0 radical (unpaired) electrons. The average Bonchev–Trinajstić information content (AvgIpc) is 2.66. The molecule has 1 saturated carbocycles. The average molecular weight is 509 g/mol. The van der Waals surface area contributed by atoms with Crippen LogP contribution in [0.1, 0.15) is 59.3 Å². The van der Waals surface area contributed by atoms with E-state index in [1.807, 2.05) is 37.6 Å². The molecule has 1 aliphatic carbocycles. The standard InChI is InChI=1S/C20H39N5O2.HI/c1-5-21-20(24(4)16-19(27)25(6-2)7-3)23-14-13-22-18(26)15-17-11-9-8-10-12-17;/h17H,5-16H2,1-4H3,(H,21,23)(H,22,26);1H. The van der Waals surface area contributed by atoms with Crippen LogP contribution in [0.4, 0.5) is 0 Å². The first-order chi connectivity index (χ1) is 13.0. The minimum absolute atomic E-state index is 0. The van der Waals surface area contributed by atoms with Crippen molar-refractivity contribution < 1.29 is 9.59 Å². The molecule has 0 unspecified atom stereocenters. The van der Waals surface area contributed by atoms with Crippen LogP contribution in [-0.2, 0) is 9.59 Å². The van der Waals surface area contributed by atoms with Gasteiger partial charge in [-0.25, -0.2) is 0 Å². The van der Waals surface area contributed by atoms with Gasteiger partial charge in [0.1, 0.15) is 0 Å². The van der Waals surface area contributed by atoms with Crippen molar-refractivity contribution in [3.8, 4) is 0 Å². The fraction of sp³-hybridized carbons (Fsp3) is 0.850. The van der Waals surface area contributed by atoms with Crippen molar-refractivity contribution in [1.82, 2.24) is 20.4 Å². The molecule has 0 aromatic rings. The minimum Gasteiger partial charge on any atom is -0.357 e. The summed E-state index contributed by atoms with van der Waals surface area (Å²) < 4.78 is 0. The molecule has 0 aliphatic heterocycles. The van der Waals surface area contributed by atoms with Crippen LogP contribution in [-0.4, -0.2) is 73.9 Å². The Hall–Kier alpha value is -1.06. The number of rotatable bonds is 10. The molecule has 0 atom stereocenters. The molecule has 2 amide bonds. The zero-order valence-corrected chi connectivity index (χ0v) is 20.5. The Bertz CT molecular complexity index is 477. The lowest BCUT2D eigenvalue weighted by atomic mass is 9.87. The largest absolute Gasteiger partial charge is 0.357 e. The molecule has 2 N–H and O–H groups in total. The van der Waals surface area contributed by atoms with Gasteiger partial charge in [-0.1, -0.05) is 19.3 Å². The molecule has 164 valence electrons. The Labute approximate surface area is 188 Å². The van der Waals surface area contributed by atoms with E-state index in [9.17, 15) is 9.59 Å². The van der Waals surface area contributed by atoms with Crippen LogP contribution >= 0.6 is 24.0 Å². The summed E-state index contributed by atoms with van der Waals surface area (Å²) in [6.07, 6.45) is 6.83. The van der Waals surface area contributed by atoms with Gasteiger partial charge in [-0.15, -0.1) is 24.0 Å². The maximum absolute atomic E-state index is 12.3. The van der Waals surface area contributed by atoms with Crippen LogP contribution in [0.3, 0.4) is 0 Å². The van der Waals surface area contributed by atoms with E-state index >= 15 is 0 Å². The lowest BCUT2D eigenvalue weighted by molar-refractivity contribution is -0.131. The van der Waals surface area contributed by atoms with Crippen molar-refractivity contribution in [3.63, 3.8) is 0 Å². The van der Waals surface area contributed by atoms with Gasteiger partial charge >= 0.3 is 0 Å². The normalized spacial score (nSPS) is 14.8. The van der Waals surface area contributed by atoms with Gasteiger partial charge in [0.25, 0.3) is 0 Å². The molecule has 0 aromatic carbocycles. The van der Waals surface area contributed by atoms with Crippen LogP contribution in [0.2, 0.25) is 0 Å². The molecule has 0 saturated heterocycles. The number of hydrogen-bond acceptors (Lipinski definition) is 3. The van der Waals surface area contributed by atoms with Crippen molar-refractivity contribution in [2.24, 2.45) is 10.9 Å². The van der Waals surface area contributed by atoms with Gasteiger partial charge in [0.05, 0.1) is 13.1 Å². The van der Waals surface area contributed by atoms with E-state index in [2.05, 4.69) is 15.6 Å². The third-order valence-corrected chi connectivity index (χ3v) is 5.08. The first-order valence-corrected chi connectivity index (χ1v) is 10.6. The van der Waals surface area contributed by atoms with Gasteiger partial charge in [-0.05, 0) is 39.5 Å². The summed E-state index contributed by atoms with van der Waals surface area (Å²) in [7, 11) is 1.87. The smallest absolute Gasteiger partial charge is 0.242 e. The summed E-state index contributed by atoms with van der Waals surface area (Å²) in [5.74, 6) is 1.47. The molecular weight excluding hydrogens is 469 g/mol. The first kappa shape index (κ1) is 26.9. The van der Waals surface area contributed by atoms with Gasteiger partial charge in [0.15, 0.2) is 5.96 Å². The predicted octanol–water partition coefficient (Wildman–Crippen LogP) is 2.46. The highest BCUT2D eigenvalue weighted by molar-refractivity contribution is 14.0. The van der Waals surface area contributed by atoms with Crippen molar-refractivity contribution >= 4 is 41.8 Å². The minimum atomic E-state index is 0. The number of carbonyl (C=O) groups excluding carboxylic acids is 2. The Balaban J connectivity index is 0.00000729. The molecular formula is C20H40IN5O2. The molecule has 1 aliphatic rings. The second kappa shape index (κ2) is 15.8.